The van der Waals surface area contributed by atoms with Crippen molar-refractivity contribution in [1.29, 1.82) is 0 Å². The average Bonchev–Trinajstić information content (AvgIpc) is 2.68. The summed E-state index contributed by atoms with van der Waals surface area (Å²) >= 11 is 0. The Balaban J connectivity index is 1.39. The van der Waals surface area contributed by atoms with Crippen molar-refractivity contribution in [2.45, 2.75) is 51.7 Å². The van der Waals surface area contributed by atoms with Crippen molar-refractivity contribution in [2.24, 2.45) is 0 Å². The summed E-state index contributed by atoms with van der Waals surface area (Å²) in [6, 6.07) is 18.4. The number of carbonyl (C=O) groups excluding carboxylic acids is 1. The SMILES string of the molecule is CC(C)(C)c1ccc(NC(=O)CN2CCC(OCc3ccccc3)CC2)cc1. The minimum Gasteiger partial charge on any atom is -0.373 e. The number of rotatable bonds is 6. The van der Waals surface area contributed by atoms with Gasteiger partial charge in [0, 0.05) is 18.8 Å². The molecule has 1 aliphatic heterocycles. The van der Waals surface area contributed by atoms with Crippen molar-refractivity contribution in [3.05, 3.63) is 65.7 Å². The fourth-order valence-corrected chi connectivity index (χ4v) is 3.48. The molecule has 4 heteroatoms. The highest BCUT2D eigenvalue weighted by molar-refractivity contribution is 5.92. The summed E-state index contributed by atoms with van der Waals surface area (Å²) in [5, 5.41) is 3.01. The van der Waals surface area contributed by atoms with E-state index in [1.54, 1.807) is 0 Å². The highest BCUT2D eigenvalue weighted by Gasteiger charge is 2.21. The Labute approximate surface area is 168 Å². The van der Waals surface area contributed by atoms with Gasteiger partial charge in [-0.3, -0.25) is 9.69 Å². The standard InChI is InChI=1S/C24H32N2O2/c1-24(2,3)20-9-11-21(12-10-20)25-23(27)17-26-15-13-22(14-16-26)28-18-19-7-5-4-6-8-19/h4-12,22H,13-18H2,1-3H3,(H,25,27). The van der Waals surface area contributed by atoms with Crippen LogP contribution in [0.5, 0.6) is 0 Å². The van der Waals surface area contributed by atoms with Crippen LogP contribution in [0.25, 0.3) is 0 Å². The smallest absolute Gasteiger partial charge is 0.238 e. The fourth-order valence-electron chi connectivity index (χ4n) is 3.48. The third-order valence-electron chi connectivity index (χ3n) is 5.27. The lowest BCUT2D eigenvalue weighted by molar-refractivity contribution is -0.118. The molecule has 0 aromatic heterocycles. The number of hydrogen-bond acceptors (Lipinski definition) is 3. The number of nitrogens with zero attached hydrogens (tertiary/aromatic N) is 1. The maximum Gasteiger partial charge on any atom is 0.238 e. The van der Waals surface area contributed by atoms with Gasteiger partial charge in [0.05, 0.1) is 19.3 Å². The number of anilines is 1. The van der Waals surface area contributed by atoms with Gasteiger partial charge in [0.1, 0.15) is 0 Å². The number of piperidine rings is 1. The maximum absolute atomic E-state index is 12.4. The third-order valence-corrected chi connectivity index (χ3v) is 5.27. The van der Waals surface area contributed by atoms with E-state index in [-0.39, 0.29) is 17.4 Å². The molecule has 1 saturated heterocycles. The number of hydrogen-bond donors (Lipinski definition) is 1. The molecule has 3 rings (SSSR count). The van der Waals surface area contributed by atoms with E-state index in [4.69, 9.17) is 4.74 Å². The monoisotopic (exact) mass is 380 g/mol. The van der Waals surface area contributed by atoms with Crippen LogP contribution in [-0.4, -0.2) is 36.5 Å². The van der Waals surface area contributed by atoms with Gasteiger partial charge >= 0.3 is 0 Å². The van der Waals surface area contributed by atoms with E-state index in [1.807, 2.05) is 30.3 Å². The Morgan fingerprint density at radius 3 is 2.29 bits per heavy atom. The third kappa shape index (κ3) is 6.18. The van der Waals surface area contributed by atoms with E-state index in [0.29, 0.717) is 13.2 Å². The van der Waals surface area contributed by atoms with Gasteiger partial charge in [0.2, 0.25) is 5.91 Å². The number of nitrogens with one attached hydrogen (secondary N) is 1. The lowest BCUT2D eigenvalue weighted by Gasteiger charge is -2.31. The Kier molecular flexibility index (Phi) is 6.87. The van der Waals surface area contributed by atoms with Crippen LogP contribution in [0, 0.1) is 0 Å². The van der Waals surface area contributed by atoms with Crippen molar-refractivity contribution in [3.63, 3.8) is 0 Å². The second kappa shape index (κ2) is 9.35. The molecule has 1 fully saturated rings. The van der Waals surface area contributed by atoms with E-state index in [2.05, 4.69) is 55.3 Å². The lowest BCUT2D eigenvalue weighted by Crippen LogP contribution is -2.41. The van der Waals surface area contributed by atoms with Crippen LogP contribution in [0.2, 0.25) is 0 Å². The summed E-state index contributed by atoms with van der Waals surface area (Å²) < 4.78 is 6.03. The molecule has 1 amide bonds. The van der Waals surface area contributed by atoms with Crippen LogP contribution in [0.15, 0.2) is 54.6 Å². The summed E-state index contributed by atoms with van der Waals surface area (Å²) in [6.45, 7) is 9.46. The number of amides is 1. The van der Waals surface area contributed by atoms with Crippen LogP contribution in [0.3, 0.4) is 0 Å². The summed E-state index contributed by atoms with van der Waals surface area (Å²) in [4.78, 5) is 14.6. The molecular weight excluding hydrogens is 348 g/mol. The first-order valence-corrected chi connectivity index (χ1v) is 10.2. The molecule has 28 heavy (non-hydrogen) atoms. The molecule has 4 nitrogen and oxygen atoms in total. The summed E-state index contributed by atoms with van der Waals surface area (Å²) in [5.41, 5.74) is 3.46. The predicted octanol–water partition coefficient (Wildman–Crippen LogP) is 4.60. The first kappa shape index (κ1) is 20.6. The zero-order chi connectivity index (χ0) is 20.0. The van der Waals surface area contributed by atoms with E-state index < -0.39 is 0 Å². The Morgan fingerprint density at radius 1 is 1.04 bits per heavy atom. The number of ether oxygens (including phenoxy) is 1. The summed E-state index contributed by atoms with van der Waals surface area (Å²) in [7, 11) is 0. The molecule has 2 aromatic rings. The molecule has 0 atom stereocenters. The van der Waals surface area contributed by atoms with E-state index in [1.165, 1.54) is 11.1 Å². The zero-order valence-corrected chi connectivity index (χ0v) is 17.3. The van der Waals surface area contributed by atoms with Crippen LogP contribution >= 0.6 is 0 Å². The lowest BCUT2D eigenvalue weighted by atomic mass is 9.87. The molecule has 0 bridgehead atoms. The topological polar surface area (TPSA) is 41.6 Å². The average molecular weight is 381 g/mol. The van der Waals surface area contributed by atoms with Gasteiger partial charge in [0.25, 0.3) is 0 Å². The molecule has 1 aliphatic rings. The number of carbonyl (C=O) groups is 1. The molecule has 0 aliphatic carbocycles. The van der Waals surface area contributed by atoms with Crippen LogP contribution in [0.1, 0.15) is 44.7 Å². The van der Waals surface area contributed by atoms with Crippen LogP contribution in [-0.2, 0) is 21.6 Å². The normalized spacial score (nSPS) is 16.1. The molecule has 150 valence electrons. The van der Waals surface area contributed by atoms with Gasteiger partial charge in [-0.2, -0.15) is 0 Å². The first-order valence-electron chi connectivity index (χ1n) is 10.2. The van der Waals surface area contributed by atoms with Gasteiger partial charge in [-0.15, -0.1) is 0 Å². The van der Waals surface area contributed by atoms with Gasteiger partial charge in [-0.1, -0.05) is 63.2 Å². The molecule has 0 radical (unpaired) electrons. The quantitative estimate of drug-likeness (QED) is 0.796. The highest BCUT2D eigenvalue weighted by atomic mass is 16.5. The van der Waals surface area contributed by atoms with E-state index in [0.717, 1.165) is 31.6 Å². The molecule has 0 unspecified atom stereocenters. The summed E-state index contributed by atoms with van der Waals surface area (Å²) in [6.07, 6.45) is 2.23. The number of benzene rings is 2. The van der Waals surface area contributed by atoms with Crippen LogP contribution < -0.4 is 5.32 Å². The van der Waals surface area contributed by atoms with Crippen molar-refractivity contribution >= 4 is 11.6 Å². The minimum atomic E-state index is 0.0483. The minimum absolute atomic E-state index is 0.0483. The molecular formula is C24H32N2O2. The molecule has 2 aromatic carbocycles. The van der Waals surface area contributed by atoms with Gasteiger partial charge in [-0.25, -0.2) is 0 Å². The molecule has 0 saturated carbocycles. The van der Waals surface area contributed by atoms with Gasteiger partial charge in [0.15, 0.2) is 0 Å². The van der Waals surface area contributed by atoms with Gasteiger partial charge in [-0.05, 0) is 41.5 Å². The number of likely N-dealkylation sites (tertiary alicyclic amines) is 1. The largest absolute Gasteiger partial charge is 0.373 e. The fraction of sp³-hybridized carbons (Fsp3) is 0.458. The van der Waals surface area contributed by atoms with Gasteiger partial charge < -0.3 is 10.1 Å². The molecule has 0 spiro atoms. The molecule has 1 heterocycles. The molecule has 1 N–H and O–H groups in total. The highest BCUT2D eigenvalue weighted by Crippen LogP contribution is 2.23. The van der Waals surface area contributed by atoms with Crippen LogP contribution in [0.4, 0.5) is 5.69 Å². The predicted molar refractivity (Wildman–Crippen MR) is 114 cm³/mol. The second-order valence-corrected chi connectivity index (χ2v) is 8.65. The second-order valence-electron chi connectivity index (χ2n) is 8.65. The summed E-state index contributed by atoms with van der Waals surface area (Å²) in [5.74, 6) is 0.0483. The van der Waals surface area contributed by atoms with Crippen molar-refractivity contribution in [2.75, 3.05) is 25.0 Å². The van der Waals surface area contributed by atoms with E-state index >= 15 is 0 Å². The maximum atomic E-state index is 12.4. The van der Waals surface area contributed by atoms with Crippen molar-refractivity contribution in [1.82, 2.24) is 4.90 Å². The first-order chi connectivity index (χ1) is 13.4. The van der Waals surface area contributed by atoms with E-state index in [9.17, 15) is 4.79 Å². The Hall–Kier alpha value is -2.17. The van der Waals surface area contributed by atoms with Crippen molar-refractivity contribution < 1.29 is 9.53 Å². The Bertz CT molecular complexity index is 742. The van der Waals surface area contributed by atoms with Crippen molar-refractivity contribution in [3.8, 4) is 0 Å². The Morgan fingerprint density at radius 2 is 1.68 bits per heavy atom. The zero-order valence-electron chi connectivity index (χ0n) is 17.3.